The van der Waals surface area contributed by atoms with Crippen molar-refractivity contribution in [2.45, 2.75) is 0 Å². The fourth-order valence-corrected chi connectivity index (χ4v) is 8.10. The van der Waals surface area contributed by atoms with Crippen LogP contribution in [0.3, 0.4) is 0 Å². The first-order chi connectivity index (χ1) is 26.6. The summed E-state index contributed by atoms with van der Waals surface area (Å²) < 4.78 is 3.31. The van der Waals surface area contributed by atoms with Gasteiger partial charge < -0.3 is 30.6 Å². The summed E-state index contributed by atoms with van der Waals surface area (Å²) in [6.45, 7) is 0. The Balaban J connectivity index is 0.000000185. The van der Waals surface area contributed by atoms with Gasteiger partial charge in [0.2, 0.25) is 0 Å². The molecule has 0 atom stereocenters. The van der Waals surface area contributed by atoms with E-state index in [0.717, 1.165) is 78.3 Å². The molecule has 0 bridgehead atoms. The number of nitrogens with zero attached hydrogens (tertiary/aromatic N) is 6. The Hall–Kier alpha value is -2.64. The van der Waals surface area contributed by atoms with E-state index in [4.69, 9.17) is 0 Å². The minimum absolute atomic E-state index is 0. The summed E-state index contributed by atoms with van der Waals surface area (Å²) in [6, 6.07) is 60.9. The van der Waals surface area contributed by atoms with Gasteiger partial charge in [-0.1, -0.05) is 199 Å². The minimum atomic E-state index is 0. The predicted octanol–water partition coefficient (Wildman–Crippen LogP) is 11.9. The van der Waals surface area contributed by atoms with Gasteiger partial charge >= 0.3 is 67.1 Å². The van der Waals surface area contributed by atoms with E-state index >= 15 is 0 Å². The molecule has 57 heavy (non-hydrogen) atoms. The van der Waals surface area contributed by atoms with E-state index in [1.54, 1.807) is 0 Å². The SMILES string of the molecule is Ic1c(-c2ccccc2)n[n-]c1-c1ccccc1.Ic1c(-c2ccccc2)n[n-]c1-c1ccccc1.Ic1c(-c2ccccc2)n[n-]c1-c1ccccc1.[Au+].[Au+].[Au+]. The van der Waals surface area contributed by atoms with Gasteiger partial charge in [-0.25, -0.2) is 0 Å². The van der Waals surface area contributed by atoms with Crippen LogP contribution in [0.1, 0.15) is 0 Å². The Bertz CT molecular complexity index is 2060. The Morgan fingerprint density at radius 3 is 0.632 bits per heavy atom. The summed E-state index contributed by atoms with van der Waals surface area (Å²) in [7, 11) is 0. The van der Waals surface area contributed by atoms with Crippen molar-refractivity contribution in [3.8, 4) is 67.5 Å². The second kappa shape index (κ2) is 23.8. The van der Waals surface area contributed by atoms with Crippen molar-refractivity contribution < 1.29 is 67.1 Å². The standard InChI is InChI=1S/3C15H10IN2.3Au/c3*16-13-14(11-7-3-1-4-8-11)17-18-15(13)12-9-5-2-6-10-12;;;/h3*1-10H;;;/q3*-1;3*+1. The van der Waals surface area contributed by atoms with E-state index in [0.29, 0.717) is 0 Å². The van der Waals surface area contributed by atoms with Crippen LogP contribution in [0, 0.1) is 10.7 Å². The van der Waals surface area contributed by atoms with Crippen LogP contribution in [0.25, 0.3) is 67.5 Å². The first-order valence-corrected chi connectivity index (χ1v) is 20.2. The third kappa shape index (κ3) is 12.0. The van der Waals surface area contributed by atoms with Crippen LogP contribution in [-0.4, -0.2) is 15.3 Å². The molecule has 0 unspecified atom stereocenters. The monoisotopic (exact) mass is 1630 g/mol. The first-order valence-electron chi connectivity index (χ1n) is 17.0. The van der Waals surface area contributed by atoms with Crippen molar-refractivity contribution in [1.82, 2.24) is 30.6 Å². The van der Waals surface area contributed by atoms with Crippen LogP contribution < -0.4 is 15.3 Å². The molecule has 0 aliphatic rings. The molecular formula is C45H30Au3I3N6. The number of rotatable bonds is 6. The van der Waals surface area contributed by atoms with Crippen LogP contribution in [-0.2, 0) is 67.1 Å². The molecule has 0 spiro atoms. The molecule has 0 aliphatic heterocycles. The van der Waals surface area contributed by atoms with E-state index in [1.807, 2.05) is 109 Å². The van der Waals surface area contributed by atoms with Gasteiger partial charge in [0.15, 0.2) is 0 Å². The number of halogens is 3. The van der Waals surface area contributed by atoms with Crippen molar-refractivity contribution in [3.63, 3.8) is 0 Å². The summed E-state index contributed by atoms with van der Waals surface area (Å²) in [5.74, 6) is 0. The quantitative estimate of drug-likeness (QED) is 0.122. The number of hydrogen-bond acceptors (Lipinski definition) is 3. The summed E-state index contributed by atoms with van der Waals surface area (Å²) in [4.78, 5) is 0. The zero-order chi connectivity index (χ0) is 37.1. The van der Waals surface area contributed by atoms with E-state index in [9.17, 15) is 0 Å². The third-order valence-corrected chi connectivity index (χ3v) is 11.3. The molecule has 0 saturated heterocycles. The fourth-order valence-electron chi connectivity index (χ4n) is 5.58. The maximum absolute atomic E-state index is 4.30. The largest absolute Gasteiger partial charge is 1.00 e. The van der Waals surface area contributed by atoms with Crippen molar-refractivity contribution in [3.05, 3.63) is 193 Å². The smallest absolute Gasteiger partial charge is 0.574 e. The number of aromatic nitrogens is 6. The third-order valence-electron chi connectivity index (χ3n) is 8.28. The van der Waals surface area contributed by atoms with Gasteiger partial charge in [0.1, 0.15) is 0 Å². The average Bonchev–Trinajstić information content (AvgIpc) is 3.96. The maximum atomic E-state index is 4.30. The van der Waals surface area contributed by atoms with Crippen LogP contribution in [0.4, 0.5) is 0 Å². The second-order valence-corrected chi connectivity index (χ2v) is 15.1. The van der Waals surface area contributed by atoms with E-state index in [-0.39, 0.29) is 67.1 Å². The molecule has 9 rings (SSSR count). The molecule has 0 saturated carbocycles. The normalized spacial score (nSPS) is 9.95. The van der Waals surface area contributed by atoms with Gasteiger partial charge in [0.05, 0.1) is 17.1 Å². The van der Waals surface area contributed by atoms with E-state index in [1.165, 1.54) is 0 Å². The zero-order valence-electron chi connectivity index (χ0n) is 29.5. The van der Waals surface area contributed by atoms with E-state index in [2.05, 4.69) is 171 Å². The van der Waals surface area contributed by atoms with Gasteiger partial charge in [-0.15, -0.1) is 0 Å². The average molecular weight is 1630 g/mol. The zero-order valence-corrected chi connectivity index (χ0v) is 42.5. The molecule has 6 nitrogen and oxygen atoms in total. The van der Waals surface area contributed by atoms with Crippen LogP contribution in [0.5, 0.6) is 0 Å². The maximum Gasteiger partial charge on any atom is 1.00 e. The Kier molecular flexibility index (Phi) is 19.7. The van der Waals surface area contributed by atoms with Crippen LogP contribution in [0.15, 0.2) is 182 Å². The van der Waals surface area contributed by atoms with Gasteiger partial charge in [-0.05, 0) is 101 Å². The molecule has 0 N–H and O–H groups in total. The predicted molar refractivity (Wildman–Crippen MR) is 243 cm³/mol. The van der Waals surface area contributed by atoms with E-state index < -0.39 is 0 Å². The van der Waals surface area contributed by atoms with Gasteiger partial charge in [0, 0.05) is 10.7 Å². The Morgan fingerprint density at radius 2 is 0.439 bits per heavy atom. The second-order valence-electron chi connectivity index (χ2n) is 11.8. The topological polar surface area (TPSA) is 81.0 Å². The van der Waals surface area contributed by atoms with Gasteiger partial charge in [-0.3, -0.25) is 0 Å². The van der Waals surface area contributed by atoms with Crippen LogP contribution >= 0.6 is 67.8 Å². The molecule has 6 aromatic carbocycles. The molecule has 0 radical (unpaired) electrons. The van der Waals surface area contributed by atoms with Crippen molar-refractivity contribution in [2.24, 2.45) is 0 Å². The molecule has 0 aliphatic carbocycles. The summed E-state index contributed by atoms with van der Waals surface area (Å²) in [5, 5.41) is 25.8. The molecule has 294 valence electrons. The molecule has 0 amide bonds. The molecule has 9 aromatic rings. The first kappa shape index (κ1) is 47.0. The van der Waals surface area contributed by atoms with Gasteiger partial charge in [0.25, 0.3) is 0 Å². The Morgan fingerprint density at radius 1 is 0.263 bits per heavy atom. The molecule has 12 heteroatoms. The Labute approximate surface area is 420 Å². The number of hydrogen-bond donors (Lipinski definition) is 0. The van der Waals surface area contributed by atoms with Crippen molar-refractivity contribution in [2.75, 3.05) is 0 Å². The minimum Gasteiger partial charge on any atom is -0.574 e. The van der Waals surface area contributed by atoms with Crippen molar-refractivity contribution >= 4 is 67.8 Å². The molecule has 0 fully saturated rings. The fraction of sp³-hybridized carbons (Fsp3) is 0. The summed E-state index contributed by atoms with van der Waals surface area (Å²) >= 11 is 6.95. The molecule has 3 aromatic heterocycles. The summed E-state index contributed by atoms with van der Waals surface area (Å²) in [5.41, 5.74) is 12.4. The summed E-state index contributed by atoms with van der Waals surface area (Å²) in [6.07, 6.45) is 0. The molecule has 3 heterocycles. The van der Waals surface area contributed by atoms with Crippen molar-refractivity contribution in [1.29, 1.82) is 0 Å². The number of benzene rings is 6. The van der Waals surface area contributed by atoms with Crippen LogP contribution in [0.2, 0.25) is 0 Å². The molecular weight excluding hydrogens is 1600 g/mol. The van der Waals surface area contributed by atoms with Gasteiger partial charge in [-0.2, -0.15) is 0 Å².